The number of benzene rings is 2. The van der Waals surface area contributed by atoms with Crippen molar-refractivity contribution in [2.75, 3.05) is 26.2 Å². The van der Waals surface area contributed by atoms with E-state index in [0.717, 1.165) is 43.4 Å². The molecule has 0 fully saturated rings. The van der Waals surface area contributed by atoms with E-state index in [1.807, 2.05) is 42.5 Å². The Bertz CT molecular complexity index is 740. The zero-order valence-corrected chi connectivity index (χ0v) is 18.6. The predicted molar refractivity (Wildman–Crippen MR) is 125 cm³/mol. The fraction of sp³-hybridized carbons (Fsp3) is 0.409. The normalized spacial score (nSPS) is 16.9. The number of nitrogens with one attached hydrogen (secondary N) is 2. The Hall–Kier alpha value is -1.80. The van der Waals surface area contributed by atoms with Crippen LogP contribution in [0.15, 0.2) is 59.6 Å². The first-order valence-electron chi connectivity index (χ1n) is 9.75. The first-order chi connectivity index (χ1) is 13.3. The second-order valence-electron chi connectivity index (χ2n) is 6.73. The van der Waals surface area contributed by atoms with Gasteiger partial charge in [-0.2, -0.15) is 0 Å². The highest BCUT2D eigenvalue weighted by atomic mass is 127. The van der Waals surface area contributed by atoms with Gasteiger partial charge in [0.2, 0.25) is 0 Å². The van der Waals surface area contributed by atoms with Gasteiger partial charge >= 0.3 is 0 Å². The number of aliphatic imine (C=N–C) groups is 1. The lowest BCUT2D eigenvalue weighted by Gasteiger charge is -2.25. The van der Waals surface area contributed by atoms with E-state index < -0.39 is 6.10 Å². The molecule has 152 valence electrons. The zero-order chi connectivity index (χ0) is 18.9. The van der Waals surface area contributed by atoms with Gasteiger partial charge in [-0.1, -0.05) is 48.5 Å². The van der Waals surface area contributed by atoms with Crippen molar-refractivity contribution in [3.8, 4) is 5.75 Å². The number of nitrogens with zero attached hydrogens (tertiary/aromatic N) is 1. The summed E-state index contributed by atoms with van der Waals surface area (Å²) < 4.78 is 5.73. The molecular formula is C22H30IN3O2. The van der Waals surface area contributed by atoms with E-state index in [2.05, 4.69) is 29.7 Å². The zero-order valence-electron chi connectivity index (χ0n) is 16.3. The Morgan fingerprint density at radius 1 is 1.14 bits per heavy atom. The molecular weight excluding hydrogens is 465 g/mol. The Morgan fingerprint density at radius 2 is 1.89 bits per heavy atom. The molecule has 5 nitrogen and oxygen atoms in total. The maximum absolute atomic E-state index is 10.3. The van der Waals surface area contributed by atoms with Crippen LogP contribution in [0.1, 0.15) is 42.9 Å². The van der Waals surface area contributed by atoms with Crippen molar-refractivity contribution >= 4 is 29.9 Å². The van der Waals surface area contributed by atoms with E-state index in [4.69, 9.17) is 9.73 Å². The van der Waals surface area contributed by atoms with Crippen molar-refractivity contribution in [3.05, 3.63) is 65.7 Å². The number of fused-ring (bicyclic) bond motifs is 1. The Morgan fingerprint density at radius 3 is 2.68 bits per heavy atom. The van der Waals surface area contributed by atoms with E-state index in [9.17, 15) is 5.11 Å². The van der Waals surface area contributed by atoms with Crippen molar-refractivity contribution in [2.45, 2.75) is 31.8 Å². The summed E-state index contributed by atoms with van der Waals surface area (Å²) in [6, 6.07) is 18.0. The molecule has 6 heteroatoms. The number of aliphatic hydroxyl groups is 1. The number of hydrogen-bond acceptors (Lipinski definition) is 3. The maximum Gasteiger partial charge on any atom is 0.191 e. The minimum absolute atomic E-state index is 0. The topological polar surface area (TPSA) is 65.9 Å². The lowest BCUT2D eigenvalue weighted by Crippen LogP contribution is -2.38. The molecule has 0 aromatic heterocycles. The Labute approximate surface area is 184 Å². The van der Waals surface area contributed by atoms with E-state index >= 15 is 0 Å². The number of rotatable bonds is 7. The van der Waals surface area contributed by atoms with Crippen LogP contribution in [0.2, 0.25) is 0 Å². The third-order valence-electron chi connectivity index (χ3n) is 4.79. The van der Waals surface area contributed by atoms with Crippen LogP contribution in [-0.2, 0) is 0 Å². The van der Waals surface area contributed by atoms with Gasteiger partial charge in [-0.3, -0.25) is 4.99 Å². The minimum atomic E-state index is -0.469. The first kappa shape index (κ1) is 22.5. The molecule has 0 saturated carbocycles. The summed E-state index contributed by atoms with van der Waals surface area (Å²) in [7, 11) is 0. The molecule has 0 radical (unpaired) electrons. The third kappa shape index (κ3) is 6.38. The van der Waals surface area contributed by atoms with Gasteiger partial charge in [-0.15, -0.1) is 24.0 Å². The van der Waals surface area contributed by atoms with Gasteiger partial charge in [-0.25, -0.2) is 0 Å². The van der Waals surface area contributed by atoms with E-state index in [1.54, 1.807) is 0 Å². The lowest BCUT2D eigenvalue weighted by atomic mass is 9.93. The summed E-state index contributed by atoms with van der Waals surface area (Å²) in [5, 5.41) is 16.9. The van der Waals surface area contributed by atoms with Gasteiger partial charge in [0, 0.05) is 25.6 Å². The molecule has 2 atom stereocenters. The molecule has 1 heterocycles. The number of guanidine groups is 1. The highest BCUT2D eigenvalue weighted by molar-refractivity contribution is 14.0. The predicted octanol–water partition coefficient (Wildman–Crippen LogP) is 3.85. The van der Waals surface area contributed by atoms with E-state index in [1.165, 1.54) is 5.56 Å². The van der Waals surface area contributed by atoms with Gasteiger partial charge in [0.1, 0.15) is 5.75 Å². The summed E-state index contributed by atoms with van der Waals surface area (Å²) in [5.74, 6) is 2.15. The molecule has 1 aliphatic heterocycles. The van der Waals surface area contributed by atoms with Crippen molar-refractivity contribution in [1.82, 2.24) is 10.6 Å². The van der Waals surface area contributed by atoms with Crippen molar-refractivity contribution in [1.29, 1.82) is 0 Å². The maximum atomic E-state index is 10.3. The quantitative estimate of drug-likeness (QED) is 0.310. The van der Waals surface area contributed by atoms with Gasteiger partial charge in [0.15, 0.2) is 5.96 Å². The SMILES string of the molecule is CCNC(=NCC1CCOc2ccccc21)NCCC(O)c1ccccc1.I. The molecule has 28 heavy (non-hydrogen) atoms. The highest BCUT2D eigenvalue weighted by Crippen LogP contribution is 2.33. The molecule has 0 amide bonds. The van der Waals surface area contributed by atoms with Crippen LogP contribution in [0, 0.1) is 0 Å². The van der Waals surface area contributed by atoms with Crippen LogP contribution < -0.4 is 15.4 Å². The molecule has 0 spiro atoms. The summed E-state index contributed by atoms with van der Waals surface area (Å²) in [5.41, 5.74) is 2.18. The fourth-order valence-electron chi connectivity index (χ4n) is 3.32. The average molecular weight is 495 g/mol. The van der Waals surface area contributed by atoms with Gasteiger partial charge in [0.05, 0.1) is 12.7 Å². The first-order valence-corrected chi connectivity index (χ1v) is 9.75. The number of aliphatic hydroxyl groups excluding tert-OH is 1. The van der Waals surface area contributed by atoms with Crippen molar-refractivity contribution in [3.63, 3.8) is 0 Å². The molecule has 2 unspecified atom stereocenters. The Balaban J connectivity index is 0.00000280. The van der Waals surface area contributed by atoms with Gasteiger partial charge in [0.25, 0.3) is 0 Å². The fourth-order valence-corrected chi connectivity index (χ4v) is 3.32. The second-order valence-corrected chi connectivity index (χ2v) is 6.73. The average Bonchev–Trinajstić information content (AvgIpc) is 2.72. The van der Waals surface area contributed by atoms with Gasteiger partial charge < -0.3 is 20.5 Å². The summed E-state index contributed by atoms with van der Waals surface area (Å²) in [4.78, 5) is 4.76. The van der Waals surface area contributed by atoms with Crippen LogP contribution in [-0.4, -0.2) is 37.3 Å². The molecule has 2 aromatic carbocycles. The third-order valence-corrected chi connectivity index (χ3v) is 4.79. The standard InChI is InChI=1S/C22H29N3O2.HI/c1-2-23-22(24-14-12-20(26)17-8-4-3-5-9-17)25-16-18-13-15-27-21-11-7-6-10-19(18)21;/h3-11,18,20,26H,2,12-16H2,1H3,(H2,23,24,25);1H. The summed E-state index contributed by atoms with van der Waals surface area (Å²) >= 11 is 0. The summed E-state index contributed by atoms with van der Waals surface area (Å²) in [6.07, 6.45) is 1.14. The van der Waals surface area contributed by atoms with Gasteiger partial charge in [-0.05, 0) is 37.0 Å². The van der Waals surface area contributed by atoms with Crippen LogP contribution in [0.5, 0.6) is 5.75 Å². The molecule has 0 saturated heterocycles. The molecule has 2 aromatic rings. The molecule has 3 N–H and O–H groups in total. The largest absolute Gasteiger partial charge is 0.493 e. The second kappa shape index (κ2) is 11.9. The number of para-hydroxylation sites is 1. The smallest absolute Gasteiger partial charge is 0.191 e. The molecule has 0 bridgehead atoms. The lowest BCUT2D eigenvalue weighted by molar-refractivity contribution is 0.168. The number of halogens is 1. The molecule has 3 rings (SSSR count). The Kier molecular flexibility index (Phi) is 9.57. The number of ether oxygens (including phenoxy) is 1. The number of hydrogen-bond donors (Lipinski definition) is 3. The van der Waals surface area contributed by atoms with Crippen LogP contribution >= 0.6 is 24.0 Å². The van der Waals surface area contributed by atoms with E-state index in [0.29, 0.717) is 18.9 Å². The minimum Gasteiger partial charge on any atom is -0.493 e. The summed E-state index contributed by atoms with van der Waals surface area (Å²) in [6.45, 7) is 4.98. The monoisotopic (exact) mass is 495 g/mol. The molecule has 0 aliphatic carbocycles. The van der Waals surface area contributed by atoms with Crippen molar-refractivity contribution < 1.29 is 9.84 Å². The van der Waals surface area contributed by atoms with Crippen LogP contribution in [0.25, 0.3) is 0 Å². The van der Waals surface area contributed by atoms with Crippen LogP contribution in [0.3, 0.4) is 0 Å². The van der Waals surface area contributed by atoms with Crippen LogP contribution in [0.4, 0.5) is 0 Å². The van der Waals surface area contributed by atoms with E-state index in [-0.39, 0.29) is 24.0 Å². The highest BCUT2D eigenvalue weighted by Gasteiger charge is 2.20. The van der Waals surface area contributed by atoms with Crippen molar-refractivity contribution in [2.24, 2.45) is 4.99 Å². The molecule has 1 aliphatic rings.